The predicted octanol–water partition coefficient (Wildman–Crippen LogP) is 2.37. The lowest BCUT2D eigenvalue weighted by atomic mass is 9.55. The van der Waals surface area contributed by atoms with Crippen molar-refractivity contribution in [2.45, 2.75) is 90.1 Å². The first-order valence-electron chi connectivity index (χ1n) is 10.5. The van der Waals surface area contributed by atoms with Crippen molar-refractivity contribution in [2.75, 3.05) is 19.7 Å². The summed E-state index contributed by atoms with van der Waals surface area (Å²) in [6.45, 7) is 12.1. The van der Waals surface area contributed by atoms with Crippen molar-refractivity contribution in [3.05, 3.63) is 0 Å². The van der Waals surface area contributed by atoms with Gasteiger partial charge in [-0.2, -0.15) is 0 Å². The van der Waals surface area contributed by atoms with Crippen LogP contribution in [0.2, 0.25) is 0 Å². The molecule has 0 bridgehead atoms. The highest BCUT2D eigenvalue weighted by atomic mass is 16.5. The maximum Gasteiger partial charge on any atom is 0.191 e. The van der Waals surface area contributed by atoms with E-state index < -0.39 is 0 Å². The largest absolute Gasteiger partial charge is 0.377 e. The molecule has 0 aromatic heterocycles. The first-order valence-corrected chi connectivity index (χ1v) is 10.5. The summed E-state index contributed by atoms with van der Waals surface area (Å²) in [6, 6.07) is 2.54. The van der Waals surface area contributed by atoms with Crippen LogP contribution in [-0.2, 0) is 4.74 Å². The lowest BCUT2D eigenvalue weighted by Crippen LogP contribution is -2.71. The molecule has 2 heterocycles. The maximum atomic E-state index is 6.05. The number of guanidine groups is 1. The fourth-order valence-corrected chi connectivity index (χ4v) is 5.52. The zero-order chi connectivity index (χ0) is 17.6. The fraction of sp³-hybridized carbons (Fsp3) is 0.950. The van der Waals surface area contributed by atoms with E-state index in [9.17, 15) is 0 Å². The Kier molecular flexibility index (Phi) is 4.74. The Labute approximate surface area is 153 Å². The molecule has 2 saturated carbocycles. The molecule has 0 spiro atoms. The summed E-state index contributed by atoms with van der Waals surface area (Å²) in [5.41, 5.74) is 0.185. The molecular formula is C20H36N4O. The summed E-state index contributed by atoms with van der Waals surface area (Å²) in [7, 11) is 0. The van der Waals surface area contributed by atoms with Crippen LogP contribution >= 0.6 is 0 Å². The van der Waals surface area contributed by atoms with E-state index in [4.69, 9.17) is 9.73 Å². The number of likely N-dealkylation sites (tertiary alicyclic amines) is 1. The molecule has 5 heteroatoms. The lowest BCUT2D eigenvalue weighted by Gasteiger charge is -2.60. The van der Waals surface area contributed by atoms with Crippen LogP contribution in [0.15, 0.2) is 4.99 Å². The van der Waals surface area contributed by atoms with Gasteiger partial charge >= 0.3 is 0 Å². The average molecular weight is 349 g/mol. The van der Waals surface area contributed by atoms with Gasteiger partial charge in [-0.15, -0.1) is 0 Å². The van der Waals surface area contributed by atoms with E-state index in [0.717, 1.165) is 25.2 Å². The van der Waals surface area contributed by atoms with E-state index in [1.165, 1.54) is 38.6 Å². The first-order chi connectivity index (χ1) is 12.0. The third-order valence-corrected chi connectivity index (χ3v) is 6.92. The van der Waals surface area contributed by atoms with Crippen LogP contribution in [0.5, 0.6) is 0 Å². The minimum absolute atomic E-state index is 0.185. The van der Waals surface area contributed by atoms with Gasteiger partial charge in [0, 0.05) is 55.2 Å². The molecule has 4 fully saturated rings. The monoisotopic (exact) mass is 348 g/mol. The molecule has 25 heavy (non-hydrogen) atoms. The maximum absolute atomic E-state index is 6.05. The van der Waals surface area contributed by atoms with Crippen LogP contribution in [0.25, 0.3) is 0 Å². The predicted molar refractivity (Wildman–Crippen MR) is 102 cm³/mol. The molecular weight excluding hydrogens is 312 g/mol. The molecule has 2 N–H and O–H groups in total. The van der Waals surface area contributed by atoms with Crippen molar-refractivity contribution in [1.82, 2.24) is 15.5 Å². The van der Waals surface area contributed by atoms with Gasteiger partial charge in [-0.3, -0.25) is 9.89 Å². The van der Waals surface area contributed by atoms with Gasteiger partial charge in [-0.25, -0.2) is 0 Å². The second-order valence-corrected chi connectivity index (χ2v) is 9.22. The van der Waals surface area contributed by atoms with E-state index in [-0.39, 0.29) is 5.41 Å². The molecule has 0 amide bonds. The van der Waals surface area contributed by atoms with Gasteiger partial charge in [0.1, 0.15) is 0 Å². The van der Waals surface area contributed by atoms with Crippen LogP contribution in [-0.4, -0.2) is 60.8 Å². The molecule has 0 aromatic carbocycles. The summed E-state index contributed by atoms with van der Waals surface area (Å²) in [4.78, 5) is 7.45. The average Bonchev–Trinajstić information content (AvgIpc) is 3.36. The smallest absolute Gasteiger partial charge is 0.191 e. The van der Waals surface area contributed by atoms with Crippen molar-refractivity contribution in [3.8, 4) is 0 Å². The number of rotatable bonds is 4. The third kappa shape index (κ3) is 3.30. The number of nitrogens with one attached hydrogen (secondary N) is 2. The molecule has 2 aliphatic carbocycles. The summed E-state index contributed by atoms with van der Waals surface area (Å²) < 4.78 is 6.05. The molecule has 0 radical (unpaired) electrons. The van der Waals surface area contributed by atoms with Crippen LogP contribution in [0.3, 0.4) is 0 Å². The Morgan fingerprint density at radius 3 is 2.76 bits per heavy atom. The lowest BCUT2D eigenvalue weighted by molar-refractivity contribution is -0.188. The molecule has 5 atom stereocenters. The van der Waals surface area contributed by atoms with Crippen LogP contribution in [0, 0.1) is 11.3 Å². The van der Waals surface area contributed by atoms with Crippen molar-refractivity contribution >= 4 is 5.96 Å². The minimum Gasteiger partial charge on any atom is -0.377 e. The van der Waals surface area contributed by atoms with Crippen molar-refractivity contribution < 1.29 is 4.74 Å². The summed E-state index contributed by atoms with van der Waals surface area (Å²) in [5.74, 6) is 1.65. The van der Waals surface area contributed by atoms with Gasteiger partial charge in [0.15, 0.2) is 5.96 Å². The number of ether oxygens (including phenoxy) is 1. The quantitative estimate of drug-likeness (QED) is 0.605. The van der Waals surface area contributed by atoms with Crippen molar-refractivity contribution in [2.24, 2.45) is 16.3 Å². The fourth-order valence-electron chi connectivity index (χ4n) is 5.52. The topological polar surface area (TPSA) is 48.9 Å². The van der Waals surface area contributed by atoms with E-state index in [2.05, 4.69) is 43.2 Å². The standard InChI is InChI=1S/C20H36N4O/c1-5-21-19(22-14-11-13(2)24(12-14)15-8-9-15)23-17-16-7-6-10-25-18(16)20(17,3)4/h13-18H,5-12H2,1-4H3,(H2,21,22,23). The summed E-state index contributed by atoms with van der Waals surface area (Å²) >= 11 is 0. The van der Waals surface area contributed by atoms with Gasteiger partial charge in [0.05, 0.1) is 6.10 Å². The molecule has 5 nitrogen and oxygen atoms in total. The molecule has 142 valence electrons. The van der Waals surface area contributed by atoms with Gasteiger partial charge in [0.25, 0.3) is 0 Å². The minimum atomic E-state index is 0.185. The molecule has 0 aromatic rings. The van der Waals surface area contributed by atoms with E-state index in [0.29, 0.717) is 30.1 Å². The number of aliphatic imine (C=N–C) groups is 1. The number of hydrogen-bond donors (Lipinski definition) is 2. The van der Waals surface area contributed by atoms with E-state index >= 15 is 0 Å². The van der Waals surface area contributed by atoms with Gasteiger partial charge in [-0.05, 0) is 46.0 Å². The van der Waals surface area contributed by atoms with Gasteiger partial charge < -0.3 is 15.4 Å². The van der Waals surface area contributed by atoms with Crippen LogP contribution in [0.1, 0.15) is 59.8 Å². The van der Waals surface area contributed by atoms with E-state index in [1.807, 2.05) is 0 Å². The SMILES string of the molecule is CCN=C(NC1CC(C)N(C2CC2)C1)NC1C2CCCOC2C1(C)C. The van der Waals surface area contributed by atoms with E-state index in [1.54, 1.807) is 0 Å². The van der Waals surface area contributed by atoms with Crippen molar-refractivity contribution in [1.29, 1.82) is 0 Å². The molecule has 2 aliphatic heterocycles. The van der Waals surface area contributed by atoms with Crippen LogP contribution in [0.4, 0.5) is 0 Å². The van der Waals surface area contributed by atoms with Crippen molar-refractivity contribution in [3.63, 3.8) is 0 Å². The Balaban J connectivity index is 1.38. The molecule has 2 saturated heterocycles. The Morgan fingerprint density at radius 2 is 2.04 bits per heavy atom. The summed E-state index contributed by atoms with van der Waals surface area (Å²) in [5, 5.41) is 7.53. The molecule has 4 aliphatic rings. The summed E-state index contributed by atoms with van der Waals surface area (Å²) in [6.07, 6.45) is 6.90. The Bertz CT molecular complexity index is 516. The first kappa shape index (κ1) is 17.6. The van der Waals surface area contributed by atoms with Gasteiger partial charge in [0.2, 0.25) is 0 Å². The molecule has 4 rings (SSSR count). The molecule has 5 unspecified atom stereocenters. The number of fused-ring (bicyclic) bond motifs is 1. The van der Waals surface area contributed by atoms with Gasteiger partial charge in [-0.1, -0.05) is 13.8 Å². The number of nitrogens with zero attached hydrogens (tertiary/aromatic N) is 2. The third-order valence-electron chi connectivity index (χ3n) is 6.92. The van der Waals surface area contributed by atoms with Crippen LogP contribution < -0.4 is 10.6 Å². The Morgan fingerprint density at radius 1 is 1.24 bits per heavy atom. The second-order valence-electron chi connectivity index (χ2n) is 9.22. The highest BCUT2D eigenvalue weighted by Gasteiger charge is 2.58. The highest BCUT2D eigenvalue weighted by Crippen LogP contribution is 2.51. The second kappa shape index (κ2) is 6.73. The Hall–Kier alpha value is -0.810. The number of hydrogen-bond acceptors (Lipinski definition) is 3. The highest BCUT2D eigenvalue weighted by molar-refractivity contribution is 5.80. The zero-order valence-electron chi connectivity index (χ0n) is 16.4. The normalized spacial score (nSPS) is 41.1. The zero-order valence-corrected chi connectivity index (χ0v) is 16.4.